The molecule has 0 radical (unpaired) electrons. The first-order chi connectivity index (χ1) is 9.97. The number of carboxylic acid groups (broad SMARTS) is 1. The first kappa shape index (κ1) is 14.1. The summed E-state index contributed by atoms with van der Waals surface area (Å²) in [7, 11) is 1.59. The average Bonchev–Trinajstić information content (AvgIpc) is 3.12. The van der Waals surface area contributed by atoms with Gasteiger partial charge in [-0.3, -0.25) is 9.48 Å². The number of nitrogens with one attached hydrogen (secondary N) is 1. The molecule has 0 unspecified atom stereocenters. The summed E-state index contributed by atoms with van der Waals surface area (Å²) in [4.78, 5) is 23.5. The van der Waals surface area contributed by atoms with E-state index in [2.05, 4.69) is 10.4 Å². The topological polar surface area (TPSA) is 84.2 Å². The summed E-state index contributed by atoms with van der Waals surface area (Å²) >= 11 is 0. The summed E-state index contributed by atoms with van der Waals surface area (Å²) in [5.74, 6) is 0.596. The van der Waals surface area contributed by atoms with Crippen LogP contribution in [-0.2, 0) is 7.05 Å². The van der Waals surface area contributed by atoms with Crippen molar-refractivity contribution in [3.05, 3.63) is 17.5 Å². The molecule has 0 aliphatic heterocycles. The van der Waals surface area contributed by atoms with E-state index in [1.807, 2.05) is 6.92 Å². The fraction of sp³-hybridized carbons (Fsp3) is 0.667. The predicted molar refractivity (Wildman–Crippen MR) is 76.0 cm³/mol. The molecule has 114 valence electrons. The second-order valence-electron chi connectivity index (χ2n) is 6.44. The van der Waals surface area contributed by atoms with E-state index in [0.717, 1.165) is 11.8 Å². The smallest absolute Gasteiger partial charge is 0.339 e. The lowest BCUT2D eigenvalue weighted by Gasteiger charge is -2.28. The average molecular weight is 291 g/mol. The highest BCUT2D eigenvalue weighted by atomic mass is 16.4. The van der Waals surface area contributed by atoms with Crippen molar-refractivity contribution >= 4 is 11.9 Å². The van der Waals surface area contributed by atoms with E-state index in [-0.39, 0.29) is 23.2 Å². The summed E-state index contributed by atoms with van der Waals surface area (Å²) in [5.41, 5.74) is 0.0765. The van der Waals surface area contributed by atoms with Gasteiger partial charge in [0.2, 0.25) is 0 Å². The second kappa shape index (κ2) is 5.16. The highest BCUT2D eigenvalue weighted by Crippen LogP contribution is 2.49. The fourth-order valence-corrected chi connectivity index (χ4v) is 4.15. The number of nitrogens with zero attached hydrogens (tertiary/aromatic N) is 2. The number of hydrogen-bond acceptors (Lipinski definition) is 3. The van der Waals surface area contributed by atoms with Gasteiger partial charge >= 0.3 is 5.97 Å². The Kier molecular flexibility index (Phi) is 3.47. The monoisotopic (exact) mass is 291 g/mol. The van der Waals surface area contributed by atoms with E-state index in [0.29, 0.717) is 5.92 Å². The van der Waals surface area contributed by atoms with E-state index in [4.69, 9.17) is 5.11 Å². The lowest BCUT2D eigenvalue weighted by atomic mass is 9.84. The van der Waals surface area contributed by atoms with Crippen molar-refractivity contribution in [2.75, 3.05) is 0 Å². The Morgan fingerprint density at radius 2 is 2.19 bits per heavy atom. The van der Waals surface area contributed by atoms with Crippen LogP contribution in [0.5, 0.6) is 0 Å². The molecular weight excluding hydrogens is 270 g/mol. The Morgan fingerprint density at radius 1 is 1.43 bits per heavy atom. The standard InChI is InChI=1S/C15H21N3O3/c1-8(11-6-9-3-4-10(11)5-9)17-14(19)13-12(15(20)21)7-16-18(13)2/h7-11H,3-6H2,1-2H3,(H,17,19)(H,20,21)/t8-,9-,10-,11+/m1/s1. The van der Waals surface area contributed by atoms with Crippen molar-refractivity contribution in [1.82, 2.24) is 15.1 Å². The van der Waals surface area contributed by atoms with E-state index in [1.165, 1.54) is 36.6 Å². The molecule has 2 fully saturated rings. The Morgan fingerprint density at radius 3 is 2.76 bits per heavy atom. The van der Waals surface area contributed by atoms with Gasteiger partial charge in [0, 0.05) is 13.1 Å². The van der Waals surface area contributed by atoms with E-state index >= 15 is 0 Å². The molecule has 1 aromatic heterocycles. The van der Waals surface area contributed by atoms with Crippen LogP contribution in [0.4, 0.5) is 0 Å². The number of fused-ring (bicyclic) bond motifs is 2. The molecule has 6 heteroatoms. The number of aryl methyl sites for hydroxylation is 1. The molecule has 3 rings (SSSR count). The van der Waals surface area contributed by atoms with Crippen molar-refractivity contribution < 1.29 is 14.7 Å². The number of amides is 1. The quantitative estimate of drug-likeness (QED) is 0.884. The normalized spacial score (nSPS) is 28.6. The molecule has 0 aromatic carbocycles. The molecule has 1 heterocycles. The number of hydrogen-bond donors (Lipinski definition) is 2. The summed E-state index contributed by atoms with van der Waals surface area (Å²) in [6.45, 7) is 2.03. The number of carboxylic acids is 1. The SMILES string of the molecule is C[C@@H](NC(=O)c1c(C(=O)O)cnn1C)[C@@H]1C[C@@H]2CC[C@@H]1C2. The Bertz CT molecular complexity index is 581. The molecule has 2 aliphatic carbocycles. The van der Waals surface area contributed by atoms with Crippen molar-refractivity contribution in [3.8, 4) is 0 Å². The molecule has 0 saturated heterocycles. The third kappa shape index (κ3) is 2.43. The molecule has 1 amide bonds. The molecule has 1 aromatic rings. The molecule has 4 atom stereocenters. The molecular formula is C15H21N3O3. The zero-order chi connectivity index (χ0) is 15.1. The summed E-state index contributed by atoms with van der Waals surface area (Å²) in [6, 6.07) is 0.0735. The van der Waals surface area contributed by atoms with E-state index in [9.17, 15) is 9.59 Å². The van der Waals surface area contributed by atoms with Gasteiger partial charge in [-0.05, 0) is 43.9 Å². The maximum Gasteiger partial charge on any atom is 0.339 e. The zero-order valence-electron chi connectivity index (χ0n) is 12.4. The van der Waals surface area contributed by atoms with E-state index < -0.39 is 5.97 Å². The minimum Gasteiger partial charge on any atom is -0.478 e. The van der Waals surface area contributed by atoms with Gasteiger partial charge in [0.25, 0.3) is 5.91 Å². The van der Waals surface area contributed by atoms with Crippen LogP contribution in [0.25, 0.3) is 0 Å². The first-order valence-corrected chi connectivity index (χ1v) is 7.53. The van der Waals surface area contributed by atoms with Crippen molar-refractivity contribution in [2.45, 2.75) is 38.6 Å². The highest BCUT2D eigenvalue weighted by Gasteiger charge is 2.42. The van der Waals surface area contributed by atoms with Crippen molar-refractivity contribution in [1.29, 1.82) is 0 Å². The summed E-state index contributed by atoms with van der Waals surface area (Å²) in [6.07, 6.45) is 6.29. The molecule has 21 heavy (non-hydrogen) atoms. The van der Waals surface area contributed by atoms with Gasteiger partial charge < -0.3 is 10.4 Å². The van der Waals surface area contributed by atoms with Crippen LogP contribution < -0.4 is 5.32 Å². The fourth-order valence-electron chi connectivity index (χ4n) is 4.15. The lowest BCUT2D eigenvalue weighted by Crippen LogP contribution is -2.41. The number of carbonyl (C=O) groups is 2. The maximum atomic E-state index is 12.4. The zero-order valence-corrected chi connectivity index (χ0v) is 12.4. The minimum atomic E-state index is -1.12. The molecule has 2 N–H and O–H groups in total. The Balaban J connectivity index is 1.72. The number of rotatable bonds is 4. The highest BCUT2D eigenvalue weighted by molar-refractivity contribution is 6.03. The molecule has 2 bridgehead atoms. The van der Waals surface area contributed by atoms with Crippen LogP contribution in [0.3, 0.4) is 0 Å². The second-order valence-corrected chi connectivity index (χ2v) is 6.44. The molecule has 2 saturated carbocycles. The van der Waals surface area contributed by atoms with Crippen LogP contribution in [0, 0.1) is 17.8 Å². The number of carbonyl (C=O) groups excluding carboxylic acids is 1. The van der Waals surface area contributed by atoms with Gasteiger partial charge in [-0.1, -0.05) is 6.42 Å². The van der Waals surface area contributed by atoms with Crippen LogP contribution in [0.1, 0.15) is 53.5 Å². The third-order valence-electron chi connectivity index (χ3n) is 5.18. The Labute approximate surface area is 123 Å². The largest absolute Gasteiger partial charge is 0.478 e. The van der Waals surface area contributed by atoms with Crippen LogP contribution in [0.2, 0.25) is 0 Å². The van der Waals surface area contributed by atoms with Crippen LogP contribution >= 0.6 is 0 Å². The number of aromatic nitrogens is 2. The van der Waals surface area contributed by atoms with Gasteiger partial charge in [-0.25, -0.2) is 4.79 Å². The number of aromatic carboxylic acids is 1. The molecule has 6 nitrogen and oxygen atoms in total. The van der Waals surface area contributed by atoms with E-state index in [1.54, 1.807) is 7.05 Å². The maximum absolute atomic E-state index is 12.4. The van der Waals surface area contributed by atoms with Crippen molar-refractivity contribution in [2.24, 2.45) is 24.8 Å². The van der Waals surface area contributed by atoms with Gasteiger partial charge in [0.15, 0.2) is 0 Å². The van der Waals surface area contributed by atoms with Gasteiger partial charge in [0.05, 0.1) is 6.20 Å². The molecule has 2 aliphatic rings. The van der Waals surface area contributed by atoms with Gasteiger partial charge in [-0.15, -0.1) is 0 Å². The molecule has 0 spiro atoms. The Hall–Kier alpha value is -1.85. The summed E-state index contributed by atoms with van der Waals surface area (Å²) in [5, 5.41) is 16.0. The first-order valence-electron chi connectivity index (χ1n) is 7.53. The summed E-state index contributed by atoms with van der Waals surface area (Å²) < 4.78 is 1.33. The van der Waals surface area contributed by atoms with Crippen LogP contribution in [-0.4, -0.2) is 32.8 Å². The van der Waals surface area contributed by atoms with Gasteiger partial charge in [-0.2, -0.15) is 5.10 Å². The van der Waals surface area contributed by atoms with Crippen molar-refractivity contribution in [3.63, 3.8) is 0 Å². The third-order valence-corrected chi connectivity index (χ3v) is 5.18. The minimum absolute atomic E-state index is 0.0462. The van der Waals surface area contributed by atoms with Crippen LogP contribution in [0.15, 0.2) is 6.20 Å². The van der Waals surface area contributed by atoms with Gasteiger partial charge in [0.1, 0.15) is 11.3 Å². The predicted octanol–water partition coefficient (Wildman–Crippen LogP) is 1.67. The lowest BCUT2D eigenvalue weighted by molar-refractivity contribution is 0.0689.